The van der Waals surface area contributed by atoms with Crippen LogP contribution in [-0.2, 0) is 10.2 Å². The van der Waals surface area contributed by atoms with Gasteiger partial charge in [-0.15, -0.1) is 0 Å². The van der Waals surface area contributed by atoms with E-state index in [4.69, 9.17) is 4.74 Å². The monoisotopic (exact) mass is 448 g/mol. The Kier molecular flexibility index (Phi) is 5.65. The number of nitrogens with one attached hydrogen (secondary N) is 2. The zero-order valence-electron chi connectivity index (χ0n) is 17.7. The van der Waals surface area contributed by atoms with Gasteiger partial charge in [0, 0.05) is 22.7 Å². The summed E-state index contributed by atoms with van der Waals surface area (Å²) < 4.78 is 8.63. The molecular formula is C23H24N6O2S. The second-order valence-electron chi connectivity index (χ2n) is 7.97. The maximum Gasteiger partial charge on any atom is 0.236 e. The fraction of sp³-hybridized carbons (Fsp3) is 0.348. The topological polar surface area (TPSA) is 102 Å². The molecule has 2 heterocycles. The lowest BCUT2D eigenvalue weighted by atomic mass is 10.0. The van der Waals surface area contributed by atoms with Crippen molar-refractivity contribution in [2.45, 2.75) is 43.3 Å². The van der Waals surface area contributed by atoms with Gasteiger partial charge in [0.15, 0.2) is 0 Å². The van der Waals surface area contributed by atoms with E-state index in [2.05, 4.69) is 30.0 Å². The van der Waals surface area contributed by atoms with E-state index in [0.717, 1.165) is 35.5 Å². The van der Waals surface area contributed by atoms with Gasteiger partial charge in [0.2, 0.25) is 17.7 Å². The van der Waals surface area contributed by atoms with Crippen LogP contribution < -0.4 is 14.8 Å². The molecule has 2 fully saturated rings. The molecule has 2 N–H and O–H groups in total. The van der Waals surface area contributed by atoms with E-state index in [-0.39, 0.29) is 5.91 Å². The van der Waals surface area contributed by atoms with Crippen molar-refractivity contribution in [1.82, 2.24) is 19.9 Å². The number of ether oxygens (including phenoxy) is 1. The Morgan fingerprint density at radius 3 is 2.69 bits per heavy atom. The van der Waals surface area contributed by atoms with Crippen LogP contribution in [0.1, 0.15) is 38.3 Å². The molecule has 5 rings (SSSR count). The number of anilines is 2. The minimum absolute atomic E-state index is 0.0390. The number of carbonyl (C=O) groups is 1. The lowest BCUT2D eigenvalue weighted by Crippen LogP contribution is -2.29. The summed E-state index contributed by atoms with van der Waals surface area (Å²) in [5, 5.41) is 3.70. The second-order valence-corrected chi connectivity index (χ2v) is 9.08. The first-order chi connectivity index (χ1) is 15.7. The molecule has 9 heteroatoms. The van der Waals surface area contributed by atoms with Crippen molar-refractivity contribution in [3.05, 3.63) is 54.6 Å². The summed E-state index contributed by atoms with van der Waals surface area (Å²) in [6.07, 6.45) is 9.02. The first-order valence-corrected chi connectivity index (χ1v) is 11.7. The fourth-order valence-corrected chi connectivity index (χ4v) is 4.14. The van der Waals surface area contributed by atoms with E-state index in [1.165, 1.54) is 12.8 Å². The summed E-state index contributed by atoms with van der Waals surface area (Å²) in [7, 11) is 0. The molecule has 0 radical (unpaired) electrons. The molecule has 0 bridgehead atoms. The molecule has 1 amide bonds. The molecule has 2 aromatic heterocycles. The van der Waals surface area contributed by atoms with E-state index in [1.807, 2.05) is 37.3 Å². The number of amides is 1. The normalized spacial score (nSPS) is 16.3. The molecule has 8 nitrogen and oxygen atoms in total. The van der Waals surface area contributed by atoms with Gasteiger partial charge >= 0.3 is 0 Å². The van der Waals surface area contributed by atoms with Gasteiger partial charge in [-0.25, -0.2) is 15.0 Å². The van der Waals surface area contributed by atoms with Crippen LogP contribution in [0.5, 0.6) is 5.88 Å². The van der Waals surface area contributed by atoms with Crippen molar-refractivity contribution >= 4 is 29.5 Å². The summed E-state index contributed by atoms with van der Waals surface area (Å²) in [5.74, 6) is 1.02. The molecule has 0 unspecified atom stereocenters. The third-order valence-corrected chi connectivity index (χ3v) is 6.62. The number of hydrogen-bond acceptors (Lipinski definition) is 8. The number of nitrogens with zero attached hydrogens (tertiary/aromatic N) is 4. The van der Waals surface area contributed by atoms with Crippen LogP contribution in [0.4, 0.5) is 11.6 Å². The van der Waals surface area contributed by atoms with Crippen LogP contribution in [-0.4, -0.2) is 37.7 Å². The number of carbonyl (C=O) groups excluding carboxylic acids is 1. The predicted molar refractivity (Wildman–Crippen MR) is 124 cm³/mol. The number of rotatable bonds is 9. The zero-order valence-corrected chi connectivity index (χ0v) is 18.6. The zero-order chi connectivity index (χ0) is 22.0. The standard InChI is InChI=1S/C23H24N6O2S/c1-2-31-20-14-24-13-18(27-20)15-3-5-16(6-4-15)26-21(30)23(10-11-23)19-9-12-25-22(28-19)29-32-17-7-8-17/h3-6,9,12-14,17H,2,7-8,10-11H2,1H3,(H,26,30)(H,25,28,29). The van der Waals surface area contributed by atoms with Crippen molar-refractivity contribution < 1.29 is 9.53 Å². The van der Waals surface area contributed by atoms with Gasteiger partial charge in [0.1, 0.15) is 0 Å². The highest BCUT2D eigenvalue weighted by atomic mass is 32.2. The van der Waals surface area contributed by atoms with Crippen LogP contribution in [0.2, 0.25) is 0 Å². The summed E-state index contributed by atoms with van der Waals surface area (Å²) in [4.78, 5) is 30.7. The highest BCUT2D eigenvalue weighted by Gasteiger charge is 2.52. The Labute approximate surface area is 190 Å². The van der Waals surface area contributed by atoms with Gasteiger partial charge < -0.3 is 10.1 Å². The number of hydrogen-bond donors (Lipinski definition) is 2. The number of aromatic nitrogens is 4. The van der Waals surface area contributed by atoms with Gasteiger partial charge in [-0.1, -0.05) is 12.1 Å². The molecule has 164 valence electrons. The largest absolute Gasteiger partial charge is 0.477 e. The predicted octanol–water partition coefficient (Wildman–Crippen LogP) is 4.23. The summed E-state index contributed by atoms with van der Waals surface area (Å²) in [6, 6.07) is 9.41. The summed E-state index contributed by atoms with van der Waals surface area (Å²) in [6.45, 7) is 2.44. The SMILES string of the molecule is CCOc1cncc(-c2ccc(NC(=O)C3(c4ccnc(NSC5CC5)n4)CC3)cc2)n1. The van der Waals surface area contributed by atoms with Crippen LogP contribution in [0.15, 0.2) is 48.9 Å². The maximum absolute atomic E-state index is 13.1. The average Bonchev–Trinajstić information content (AvgIpc) is 3.74. The van der Waals surface area contributed by atoms with Gasteiger partial charge in [-0.2, -0.15) is 0 Å². The van der Waals surface area contributed by atoms with Gasteiger partial charge in [0.25, 0.3) is 0 Å². The molecule has 2 aliphatic rings. The van der Waals surface area contributed by atoms with Crippen LogP contribution in [0.25, 0.3) is 11.3 Å². The summed E-state index contributed by atoms with van der Waals surface area (Å²) in [5.41, 5.74) is 2.54. The van der Waals surface area contributed by atoms with Crippen molar-refractivity contribution in [3.8, 4) is 17.1 Å². The molecule has 2 saturated carbocycles. The van der Waals surface area contributed by atoms with Gasteiger partial charge in [0.05, 0.1) is 35.8 Å². The first-order valence-electron chi connectivity index (χ1n) is 10.8. The van der Waals surface area contributed by atoms with Crippen LogP contribution in [0.3, 0.4) is 0 Å². The molecule has 32 heavy (non-hydrogen) atoms. The first kappa shape index (κ1) is 20.7. The van der Waals surface area contributed by atoms with E-state index in [0.29, 0.717) is 23.7 Å². The molecule has 0 saturated heterocycles. The lowest BCUT2D eigenvalue weighted by Gasteiger charge is -2.16. The van der Waals surface area contributed by atoms with Crippen molar-refractivity contribution in [3.63, 3.8) is 0 Å². The van der Waals surface area contributed by atoms with E-state index < -0.39 is 5.41 Å². The third-order valence-electron chi connectivity index (χ3n) is 5.51. The molecule has 1 aromatic carbocycles. The molecule has 0 aliphatic heterocycles. The molecule has 3 aromatic rings. The molecule has 0 atom stereocenters. The minimum Gasteiger partial charge on any atom is -0.477 e. The van der Waals surface area contributed by atoms with E-state index in [9.17, 15) is 4.79 Å². The Bertz CT molecular complexity index is 1120. The van der Waals surface area contributed by atoms with Gasteiger partial charge in [-0.05, 0) is 62.8 Å². The lowest BCUT2D eigenvalue weighted by molar-refractivity contribution is -0.118. The number of benzene rings is 1. The Morgan fingerprint density at radius 1 is 1.16 bits per heavy atom. The maximum atomic E-state index is 13.1. The quantitative estimate of drug-likeness (QED) is 0.469. The third kappa shape index (κ3) is 4.52. The highest BCUT2D eigenvalue weighted by Crippen LogP contribution is 2.48. The second kappa shape index (κ2) is 8.74. The highest BCUT2D eigenvalue weighted by molar-refractivity contribution is 8.01. The Balaban J connectivity index is 1.26. The summed E-state index contributed by atoms with van der Waals surface area (Å²) >= 11 is 1.66. The van der Waals surface area contributed by atoms with Gasteiger partial charge in [-0.3, -0.25) is 14.5 Å². The van der Waals surface area contributed by atoms with Crippen molar-refractivity contribution in [2.75, 3.05) is 16.6 Å². The Morgan fingerprint density at radius 2 is 1.97 bits per heavy atom. The van der Waals surface area contributed by atoms with E-state index >= 15 is 0 Å². The van der Waals surface area contributed by atoms with E-state index in [1.54, 1.807) is 30.5 Å². The van der Waals surface area contributed by atoms with Crippen LogP contribution in [0, 0.1) is 0 Å². The fourth-order valence-electron chi connectivity index (χ4n) is 3.40. The smallest absolute Gasteiger partial charge is 0.236 e. The van der Waals surface area contributed by atoms with Crippen molar-refractivity contribution in [2.24, 2.45) is 0 Å². The van der Waals surface area contributed by atoms with Crippen molar-refractivity contribution in [1.29, 1.82) is 0 Å². The molecule has 2 aliphatic carbocycles. The average molecular weight is 449 g/mol. The Hall–Kier alpha value is -3.20. The molecule has 0 spiro atoms. The van der Waals surface area contributed by atoms with Crippen LogP contribution >= 0.6 is 11.9 Å². The minimum atomic E-state index is -0.584. The molecular weight excluding hydrogens is 424 g/mol.